The third-order valence-electron chi connectivity index (χ3n) is 2.60. The fourth-order valence-electron chi connectivity index (χ4n) is 1.73. The summed E-state index contributed by atoms with van der Waals surface area (Å²) in [5.74, 6) is -0.291. The van der Waals surface area contributed by atoms with Gasteiger partial charge in [-0.15, -0.1) is 0 Å². The Hall–Kier alpha value is -2.05. The van der Waals surface area contributed by atoms with Crippen molar-refractivity contribution in [2.75, 3.05) is 20.3 Å². The number of hydrogen-bond acceptors (Lipinski definition) is 5. The minimum atomic E-state index is -0.727. The van der Waals surface area contributed by atoms with Crippen LogP contribution >= 0.6 is 0 Å². The average Bonchev–Trinajstić information content (AvgIpc) is 2.44. The first-order chi connectivity index (χ1) is 9.22. The molecule has 0 saturated heterocycles. The number of para-hydroxylation sites is 1. The Balaban J connectivity index is 2.13. The second-order valence-corrected chi connectivity index (χ2v) is 4.05. The first-order valence-electron chi connectivity index (χ1n) is 5.87. The van der Waals surface area contributed by atoms with Gasteiger partial charge in [-0.05, 0) is 12.1 Å². The van der Waals surface area contributed by atoms with Crippen LogP contribution in [0.4, 0.5) is 0 Å². The number of nitrogens with one attached hydrogen (secondary N) is 1. The fraction of sp³-hybridized carbons (Fsp3) is 0.308. The number of methoxy groups -OCH3 is 1. The van der Waals surface area contributed by atoms with Gasteiger partial charge in [-0.3, -0.25) is 14.8 Å². The summed E-state index contributed by atoms with van der Waals surface area (Å²) < 4.78 is 4.79. The number of carbonyl (C=O) groups excluding carboxylic acids is 1. The molecule has 0 fully saturated rings. The maximum Gasteiger partial charge on any atom is 0.253 e. The molecular formula is C13H15N3O3. The van der Waals surface area contributed by atoms with Gasteiger partial charge in [-0.2, -0.15) is 0 Å². The molecule has 2 aromatic rings. The summed E-state index contributed by atoms with van der Waals surface area (Å²) >= 11 is 0. The molecule has 0 bridgehead atoms. The van der Waals surface area contributed by atoms with E-state index in [1.807, 2.05) is 0 Å². The normalized spacial score (nSPS) is 12.3. The zero-order chi connectivity index (χ0) is 13.7. The van der Waals surface area contributed by atoms with Crippen LogP contribution < -0.4 is 5.32 Å². The van der Waals surface area contributed by atoms with Gasteiger partial charge in [0.05, 0.1) is 23.8 Å². The number of benzene rings is 1. The summed E-state index contributed by atoms with van der Waals surface area (Å²) in [6.07, 6.45) is 2.39. The summed E-state index contributed by atoms with van der Waals surface area (Å²) in [6.45, 7) is 0.305. The highest BCUT2D eigenvalue weighted by Gasteiger charge is 2.12. The molecule has 1 atom stereocenters. The minimum Gasteiger partial charge on any atom is -0.389 e. The second kappa shape index (κ2) is 6.21. The van der Waals surface area contributed by atoms with Crippen LogP contribution in [0.15, 0.2) is 30.6 Å². The Kier molecular flexibility index (Phi) is 4.38. The molecule has 0 aliphatic carbocycles. The van der Waals surface area contributed by atoms with Crippen molar-refractivity contribution in [1.29, 1.82) is 0 Å². The molecule has 0 spiro atoms. The molecule has 6 heteroatoms. The van der Waals surface area contributed by atoms with Gasteiger partial charge in [0.15, 0.2) is 0 Å². The van der Waals surface area contributed by atoms with Gasteiger partial charge in [0, 0.05) is 26.0 Å². The number of aliphatic hydroxyl groups is 1. The van der Waals surface area contributed by atoms with Crippen LogP contribution in [-0.2, 0) is 4.74 Å². The maximum atomic E-state index is 12.0. The van der Waals surface area contributed by atoms with E-state index >= 15 is 0 Å². The van der Waals surface area contributed by atoms with Gasteiger partial charge in [0.25, 0.3) is 5.91 Å². The Labute approximate surface area is 110 Å². The van der Waals surface area contributed by atoms with Crippen LogP contribution in [0.1, 0.15) is 10.4 Å². The smallest absolute Gasteiger partial charge is 0.253 e. The first kappa shape index (κ1) is 13.4. The molecule has 0 aliphatic rings. The van der Waals surface area contributed by atoms with Gasteiger partial charge < -0.3 is 15.2 Å². The van der Waals surface area contributed by atoms with Crippen molar-refractivity contribution < 1.29 is 14.6 Å². The molecule has 1 amide bonds. The topological polar surface area (TPSA) is 84.3 Å². The number of aromatic nitrogens is 2. The van der Waals surface area contributed by atoms with Crippen molar-refractivity contribution in [1.82, 2.24) is 15.3 Å². The SMILES string of the molecule is COCC(O)CNC(=O)c1cccc2nccnc12. The van der Waals surface area contributed by atoms with Gasteiger partial charge in [-0.25, -0.2) is 0 Å². The molecule has 19 heavy (non-hydrogen) atoms. The van der Waals surface area contributed by atoms with E-state index in [1.54, 1.807) is 30.6 Å². The van der Waals surface area contributed by atoms with E-state index in [9.17, 15) is 9.90 Å². The molecule has 2 rings (SSSR count). The van der Waals surface area contributed by atoms with E-state index in [0.29, 0.717) is 16.6 Å². The van der Waals surface area contributed by atoms with E-state index < -0.39 is 6.10 Å². The number of rotatable bonds is 5. The summed E-state index contributed by atoms with van der Waals surface area (Å²) in [5, 5.41) is 12.1. The highest BCUT2D eigenvalue weighted by Crippen LogP contribution is 2.13. The monoisotopic (exact) mass is 261 g/mol. The molecule has 1 unspecified atom stereocenters. The van der Waals surface area contributed by atoms with Crippen molar-refractivity contribution in [2.45, 2.75) is 6.10 Å². The number of amides is 1. The molecule has 0 aliphatic heterocycles. The molecular weight excluding hydrogens is 246 g/mol. The van der Waals surface area contributed by atoms with Gasteiger partial charge in [0.1, 0.15) is 5.52 Å². The van der Waals surface area contributed by atoms with E-state index in [2.05, 4.69) is 15.3 Å². The lowest BCUT2D eigenvalue weighted by atomic mass is 10.1. The largest absolute Gasteiger partial charge is 0.389 e. The van der Waals surface area contributed by atoms with Crippen LogP contribution in [0, 0.1) is 0 Å². The second-order valence-electron chi connectivity index (χ2n) is 4.05. The molecule has 1 aromatic heterocycles. The van der Waals surface area contributed by atoms with Crippen molar-refractivity contribution >= 4 is 16.9 Å². The molecule has 0 saturated carbocycles. The Morgan fingerprint density at radius 3 is 3.00 bits per heavy atom. The predicted molar refractivity (Wildman–Crippen MR) is 69.8 cm³/mol. The highest BCUT2D eigenvalue weighted by atomic mass is 16.5. The molecule has 1 heterocycles. The number of ether oxygens (including phenoxy) is 1. The predicted octanol–water partition coefficient (Wildman–Crippen LogP) is 0.367. The highest BCUT2D eigenvalue weighted by molar-refractivity contribution is 6.04. The van der Waals surface area contributed by atoms with Crippen molar-refractivity contribution in [3.05, 3.63) is 36.2 Å². The van der Waals surface area contributed by atoms with Crippen LogP contribution in [-0.4, -0.2) is 47.3 Å². The van der Waals surface area contributed by atoms with E-state index in [4.69, 9.17) is 4.74 Å². The van der Waals surface area contributed by atoms with Gasteiger partial charge in [-0.1, -0.05) is 6.07 Å². The molecule has 100 valence electrons. The third kappa shape index (κ3) is 3.24. The summed E-state index contributed by atoms with van der Waals surface area (Å²) in [4.78, 5) is 20.3. The number of carbonyl (C=O) groups is 1. The van der Waals surface area contributed by atoms with E-state index in [0.717, 1.165) is 0 Å². The zero-order valence-corrected chi connectivity index (χ0v) is 10.5. The molecule has 2 N–H and O–H groups in total. The molecule has 1 aromatic carbocycles. The van der Waals surface area contributed by atoms with Crippen LogP contribution in [0.3, 0.4) is 0 Å². The summed E-state index contributed by atoms with van der Waals surface area (Å²) in [5.41, 5.74) is 1.64. The van der Waals surface area contributed by atoms with Gasteiger partial charge in [0.2, 0.25) is 0 Å². The van der Waals surface area contributed by atoms with Crippen molar-refractivity contribution in [3.8, 4) is 0 Å². The van der Waals surface area contributed by atoms with Crippen LogP contribution in [0.25, 0.3) is 11.0 Å². The summed E-state index contributed by atoms with van der Waals surface area (Å²) in [7, 11) is 1.49. The first-order valence-corrected chi connectivity index (χ1v) is 5.87. The van der Waals surface area contributed by atoms with E-state index in [1.165, 1.54) is 7.11 Å². The zero-order valence-electron chi connectivity index (χ0n) is 10.5. The number of aliphatic hydroxyl groups excluding tert-OH is 1. The third-order valence-corrected chi connectivity index (χ3v) is 2.60. The Morgan fingerprint density at radius 1 is 1.42 bits per heavy atom. The minimum absolute atomic E-state index is 0.128. The number of fused-ring (bicyclic) bond motifs is 1. The van der Waals surface area contributed by atoms with Gasteiger partial charge >= 0.3 is 0 Å². The van der Waals surface area contributed by atoms with Crippen molar-refractivity contribution in [3.63, 3.8) is 0 Å². The lowest BCUT2D eigenvalue weighted by Crippen LogP contribution is -2.34. The molecule has 6 nitrogen and oxygen atoms in total. The van der Waals surface area contributed by atoms with E-state index in [-0.39, 0.29) is 19.1 Å². The quantitative estimate of drug-likeness (QED) is 0.812. The lowest BCUT2D eigenvalue weighted by Gasteiger charge is -2.11. The lowest BCUT2D eigenvalue weighted by molar-refractivity contribution is 0.0610. The Bertz CT molecular complexity index is 569. The number of hydrogen-bond donors (Lipinski definition) is 2. The molecule has 0 radical (unpaired) electrons. The Morgan fingerprint density at radius 2 is 2.21 bits per heavy atom. The van der Waals surface area contributed by atoms with Crippen LogP contribution in [0.2, 0.25) is 0 Å². The maximum absolute atomic E-state index is 12.0. The standard InChI is InChI=1S/C13H15N3O3/c1-19-8-9(17)7-16-13(18)10-3-2-4-11-12(10)15-6-5-14-11/h2-6,9,17H,7-8H2,1H3,(H,16,18). The fourth-order valence-corrected chi connectivity index (χ4v) is 1.73. The number of nitrogens with zero attached hydrogens (tertiary/aromatic N) is 2. The summed E-state index contributed by atoms with van der Waals surface area (Å²) in [6, 6.07) is 5.21. The average molecular weight is 261 g/mol. The van der Waals surface area contributed by atoms with Crippen molar-refractivity contribution in [2.24, 2.45) is 0 Å². The van der Waals surface area contributed by atoms with Crippen LogP contribution in [0.5, 0.6) is 0 Å².